The zero-order valence-electron chi connectivity index (χ0n) is 12.4. The maximum Gasteiger partial charge on any atom is 0.316 e. The van der Waals surface area contributed by atoms with Gasteiger partial charge < -0.3 is 22.1 Å². The first-order valence-electron chi connectivity index (χ1n) is 6.53. The number of primary amides is 1. The molecule has 118 valence electrons. The average molecular weight is 315 g/mol. The molecule has 0 bridgehead atoms. The first-order valence-corrected chi connectivity index (χ1v) is 6.53. The fourth-order valence-corrected chi connectivity index (χ4v) is 1.69. The first-order chi connectivity index (χ1) is 9.31. The van der Waals surface area contributed by atoms with Crippen molar-refractivity contribution in [1.29, 1.82) is 0 Å². The van der Waals surface area contributed by atoms with Crippen molar-refractivity contribution >= 4 is 30.0 Å². The van der Waals surface area contributed by atoms with Crippen molar-refractivity contribution in [1.82, 2.24) is 5.32 Å². The Labute approximate surface area is 131 Å². The predicted molar refractivity (Wildman–Crippen MR) is 86.3 cm³/mol. The van der Waals surface area contributed by atoms with Crippen molar-refractivity contribution in [2.24, 2.45) is 17.4 Å². The van der Waals surface area contributed by atoms with E-state index >= 15 is 0 Å². The van der Waals surface area contributed by atoms with Crippen molar-refractivity contribution in [2.45, 2.75) is 32.9 Å². The van der Waals surface area contributed by atoms with Crippen molar-refractivity contribution in [3.8, 4) is 0 Å². The van der Waals surface area contributed by atoms with E-state index < -0.39 is 12.1 Å². The number of hydrogen-bond acceptors (Lipinski definition) is 3. The minimum atomic E-state index is -0.609. The van der Waals surface area contributed by atoms with Crippen molar-refractivity contribution < 1.29 is 9.59 Å². The van der Waals surface area contributed by atoms with Crippen LogP contribution in [-0.2, 0) is 4.79 Å². The minimum Gasteiger partial charge on any atom is -0.351 e. The third-order valence-electron chi connectivity index (χ3n) is 3.06. The molecule has 21 heavy (non-hydrogen) atoms. The Morgan fingerprint density at radius 3 is 2.05 bits per heavy atom. The molecule has 0 heterocycles. The summed E-state index contributed by atoms with van der Waals surface area (Å²) >= 11 is 0. The Kier molecular flexibility index (Phi) is 7.76. The van der Waals surface area contributed by atoms with Crippen molar-refractivity contribution in [3.63, 3.8) is 0 Å². The van der Waals surface area contributed by atoms with Crippen LogP contribution in [0, 0.1) is 5.92 Å². The number of anilines is 1. The highest BCUT2D eigenvalue weighted by Crippen LogP contribution is 2.16. The van der Waals surface area contributed by atoms with Gasteiger partial charge >= 0.3 is 6.03 Å². The lowest BCUT2D eigenvalue weighted by atomic mass is 10.0. The summed E-state index contributed by atoms with van der Waals surface area (Å²) in [5.74, 6) is -0.0869. The van der Waals surface area contributed by atoms with E-state index in [2.05, 4.69) is 10.6 Å². The summed E-state index contributed by atoms with van der Waals surface area (Å²) in [6, 6.07) is 5.80. The van der Waals surface area contributed by atoms with E-state index in [0.29, 0.717) is 5.69 Å². The molecule has 7 heteroatoms. The summed E-state index contributed by atoms with van der Waals surface area (Å²) in [4.78, 5) is 22.6. The van der Waals surface area contributed by atoms with Gasteiger partial charge in [0.2, 0.25) is 5.91 Å². The molecule has 0 saturated carbocycles. The van der Waals surface area contributed by atoms with Crippen LogP contribution in [0.3, 0.4) is 0 Å². The number of hydrogen-bond donors (Lipinski definition) is 4. The molecule has 0 radical (unpaired) electrons. The lowest BCUT2D eigenvalue weighted by Crippen LogP contribution is -2.44. The quantitative estimate of drug-likeness (QED) is 0.664. The van der Waals surface area contributed by atoms with E-state index in [1.807, 2.05) is 32.9 Å². The Hall–Kier alpha value is -1.79. The van der Waals surface area contributed by atoms with Crippen LogP contribution in [0.25, 0.3) is 0 Å². The van der Waals surface area contributed by atoms with Crippen LogP contribution in [0.2, 0.25) is 0 Å². The van der Waals surface area contributed by atoms with Gasteiger partial charge in [-0.1, -0.05) is 26.0 Å². The van der Waals surface area contributed by atoms with Gasteiger partial charge in [0.1, 0.15) is 0 Å². The van der Waals surface area contributed by atoms with Gasteiger partial charge in [-0.05, 0) is 30.5 Å². The molecule has 6 nitrogen and oxygen atoms in total. The molecule has 2 unspecified atom stereocenters. The topological polar surface area (TPSA) is 110 Å². The number of halogens is 1. The SMILES string of the molecule is CC(NC(=O)C(N)C(C)C)c1ccc(NC(N)=O)cc1.Cl. The summed E-state index contributed by atoms with van der Waals surface area (Å²) in [5.41, 5.74) is 12.4. The highest BCUT2D eigenvalue weighted by Gasteiger charge is 2.19. The zero-order valence-corrected chi connectivity index (χ0v) is 13.2. The van der Waals surface area contributed by atoms with Crippen LogP contribution >= 0.6 is 12.4 Å². The number of benzene rings is 1. The van der Waals surface area contributed by atoms with E-state index in [4.69, 9.17) is 11.5 Å². The number of carbonyl (C=O) groups excluding carboxylic acids is 2. The Morgan fingerprint density at radius 1 is 1.10 bits per heavy atom. The average Bonchev–Trinajstić information content (AvgIpc) is 2.37. The van der Waals surface area contributed by atoms with Gasteiger partial charge in [0.05, 0.1) is 12.1 Å². The van der Waals surface area contributed by atoms with Gasteiger partial charge in [0.15, 0.2) is 0 Å². The molecule has 1 aromatic rings. The maximum atomic E-state index is 11.9. The lowest BCUT2D eigenvalue weighted by molar-refractivity contribution is -0.123. The molecule has 2 atom stereocenters. The molecule has 6 N–H and O–H groups in total. The molecule has 0 aliphatic carbocycles. The largest absolute Gasteiger partial charge is 0.351 e. The fourth-order valence-electron chi connectivity index (χ4n) is 1.69. The molecular weight excluding hydrogens is 292 g/mol. The normalized spacial score (nSPS) is 13.0. The van der Waals surface area contributed by atoms with Gasteiger partial charge in [-0.3, -0.25) is 4.79 Å². The van der Waals surface area contributed by atoms with Gasteiger partial charge in [0, 0.05) is 5.69 Å². The van der Waals surface area contributed by atoms with Crippen molar-refractivity contribution in [3.05, 3.63) is 29.8 Å². The monoisotopic (exact) mass is 314 g/mol. The molecule has 0 saturated heterocycles. The van der Waals surface area contributed by atoms with E-state index in [9.17, 15) is 9.59 Å². The number of nitrogens with two attached hydrogens (primary N) is 2. The molecule has 0 aromatic heterocycles. The third kappa shape index (κ3) is 6.01. The van der Waals surface area contributed by atoms with E-state index in [-0.39, 0.29) is 30.3 Å². The molecule has 3 amide bonds. The van der Waals surface area contributed by atoms with Gasteiger partial charge in [0.25, 0.3) is 0 Å². The second-order valence-corrected chi connectivity index (χ2v) is 5.11. The summed E-state index contributed by atoms with van der Waals surface area (Å²) in [5, 5.41) is 5.34. The van der Waals surface area contributed by atoms with Gasteiger partial charge in [-0.25, -0.2) is 4.79 Å². The van der Waals surface area contributed by atoms with E-state index in [1.165, 1.54) is 0 Å². The fraction of sp³-hybridized carbons (Fsp3) is 0.429. The van der Waals surface area contributed by atoms with Crippen molar-refractivity contribution in [2.75, 3.05) is 5.32 Å². The molecule has 0 aliphatic rings. The van der Waals surface area contributed by atoms with Crippen LogP contribution < -0.4 is 22.1 Å². The smallest absolute Gasteiger partial charge is 0.316 e. The van der Waals surface area contributed by atoms with Crippen LogP contribution in [0.4, 0.5) is 10.5 Å². The predicted octanol–water partition coefficient (Wildman–Crippen LogP) is 1.76. The number of urea groups is 1. The van der Waals surface area contributed by atoms with Crippen LogP contribution in [0.1, 0.15) is 32.4 Å². The number of rotatable bonds is 5. The Morgan fingerprint density at radius 2 is 1.62 bits per heavy atom. The van der Waals surface area contributed by atoms with Crippen LogP contribution in [-0.4, -0.2) is 18.0 Å². The highest BCUT2D eigenvalue weighted by atomic mass is 35.5. The third-order valence-corrected chi connectivity index (χ3v) is 3.06. The molecule has 1 rings (SSSR count). The summed E-state index contributed by atoms with van der Waals surface area (Å²) in [6.07, 6.45) is 0. The molecule has 0 aliphatic heterocycles. The van der Waals surface area contributed by atoms with Gasteiger partial charge in [-0.15, -0.1) is 12.4 Å². The zero-order chi connectivity index (χ0) is 15.3. The summed E-state index contributed by atoms with van der Waals surface area (Å²) < 4.78 is 0. The van der Waals surface area contributed by atoms with E-state index in [1.54, 1.807) is 12.1 Å². The second-order valence-electron chi connectivity index (χ2n) is 5.11. The number of amides is 3. The number of carbonyl (C=O) groups is 2. The Balaban J connectivity index is 0.00000400. The molecule has 1 aromatic carbocycles. The molecular formula is C14H23ClN4O2. The highest BCUT2D eigenvalue weighted by molar-refractivity contribution is 5.87. The van der Waals surface area contributed by atoms with Crippen LogP contribution in [0.5, 0.6) is 0 Å². The Bertz CT molecular complexity index is 476. The minimum absolute atomic E-state index is 0. The van der Waals surface area contributed by atoms with Crippen LogP contribution in [0.15, 0.2) is 24.3 Å². The van der Waals surface area contributed by atoms with Gasteiger partial charge in [-0.2, -0.15) is 0 Å². The first kappa shape index (κ1) is 19.2. The summed E-state index contributed by atoms with van der Waals surface area (Å²) in [7, 11) is 0. The molecule has 0 fully saturated rings. The lowest BCUT2D eigenvalue weighted by Gasteiger charge is -2.20. The second kappa shape index (κ2) is 8.49. The number of nitrogens with one attached hydrogen (secondary N) is 2. The van der Waals surface area contributed by atoms with E-state index in [0.717, 1.165) is 5.56 Å². The standard InChI is InChI=1S/C14H22N4O2.ClH/c1-8(2)12(15)13(19)17-9(3)10-4-6-11(7-5-10)18-14(16)20;/h4-9,12H,15H2,1-3H3,(H,17,19)(H3,16,18,20);1H. The molecule has 0 spiro atoms. The summed E-state index contributed by atoms with van der Waals surface area (Å²) in [6.45, 7) is 5.68. The maximum absolute atomic E-state index is 11.9.